The van der Waals surface area contributed by atoms with Gasteiger partial charge in [0.15, 0.2) is 12.0 Å². The molecule has 0 amide bonds. The van der Waals surface area contributed by atoms with Gasteiger partial charge in [0.2, 0.25) is 10.0 Å². The van der Waals surface area contributed by atoms with Crippen molar-refractivity contribution in [1.29, 1.82) is 0 Å². The average Bonchev–Trinajstić information content (AvgIpc) is 3.05. The minimum Gasteiger partial charge on any atom is -0.453 e. The molecule has 1 aromatic heterocycles. The normalized spacial score (nSPS) is 17.3. The Balaban J connectivity index is 1.90. The molecule has 1 aliphatic heterocycles. The van der Waals surface area contributed by atoms with Crippen LogP contribution in [0.25, 0.3) is 11.3 Å². The van der Waals surface area contributed by atoms with Crippen molar-refractivity contribution in [2.45, 2.75) is 6.42 Å². The number of anilines is 1. The van der Waals surface area contributed by atoms with Gasteiger partial charge in [0.05, 0.1) is 11.4 Å². The van der Waals surface area contributed by atoms with Crippen molar-refractivity contribution in [2.75, 3.05) is 16.6 Å². The minimum absolute atomic E-state index is 0.204. The second-order valence-electron chi connectivity index (χ2n) is 4.61. The maximum Gasteiger partial charge on any atom is 0.235 e. The summed E-state index contributed by atoms with van der Waals surface area (Å²) < 4.78 is 30.4. The van der Waals surface area contributed by atoms with Gasteiger partial charge in [-0.2, -0.15) is 0 Å². The van der Waals surface area contributed by atoms with Crippen molar-refractivity contribution in [1.82, 2.24) is 0 Å². The van der Waals surface area contributed by atoms with E-state index in [1.807, 2.05) is 0 Å². The van der Waals surface area contributed by atoms with E-state index in [1.54, 1.807) is 36.4 Å². The Morgan fingerprint density at radius 1 is 1.10 bits per heavy atom. The quantitative estimate of drug-likeness (QED) is 0.814. The van der Waals surface area contributed by atoms with Crippen LogP contribution < -0.4 is 4.31 Å². The molecule has 0 atom stereocenters. The number of rotatable bonds is 3. The van der Waals surface area contributed by atoms with E-state index in [2.05, 4.69) is 0 Å². The molecule has 5 nitrogen and oxygen atoms in total. The fraction of sp³-hybridized carbons (Fsp3) is 0.214. The number of sulfonamides is 1. The number of aldehydes is 1. The van der Waals surface area contributed by atoms with Crippen LogP contribution in [0.3, 0.4) is 0 Å². The van der Waals surface area contributed by atoms with E-state index in [9.17, 15) is 13.2 Å². The van der Waals surface area contributed by atoms with Gasteiger partial charge in [0.25, 0.3) is 0 Å². The zero-order valence-electron chi connectivity index (χ0n) is 10.7. The van der Waals surface area contributed by atoms with Crippen LogP contribution in [0.2, 0.25) is 0 Å². The van der Waals surface area contributed by atoms with Gasteiger partial charge >= 0.3 is 0 Å². The van der Waals surface area contributed by atoms with Crippen molar-refractivity contribution < 1.29 is 17.6 Å². The van der Waals surface area contributed by atoms with Gasteiger partial charge in [-0.25, -0.2) is 8.42 Å². The van der Waals surface area contributed by atoms with Gasteiger partial charge in [-0.1, -0.05) is 0 Å². The van der Waals surface area contributed by atoms with E-state index >= 15 is 0 Å². The Morgan fingerprint density at radius 2 is 1.85 bits per heavy atom. The monoisotopic (exact) mass is 291 g/mol. The summed E-state index contributed by atoms with van der Waals surface area (Å²) in [5.74, 6) is 1.06. The van der Waals surface area contributed by atoms with Crippen molar-refractivity contribution in [3.63, 3.8) is 0 Å². The van der Waals surface area contributed by atoms with Crippen LogP contribution in [-0.2, 0) is 10.0 Å². The molecule has 1 aromatic carbocycles. The van der Waals surface area contributed by atoms with Crippen LogP contribution in [-0.4, -0.2) is 27.0 Å². The predicted octanol–water partition coefficient (Wildman–Crippen LogP) is 2.30. The van der Waals surface area contributed by atoms with E-state index in [4.69, 9.17) is 4.42 Å². The van der Waals surface area contributed by atoms with Crippen molar-refractivity contribution in [3.8, 4) is 11.3 Å². The van der Waals surface area contributed by atoms with E-state index in [0.717, 1.165) is 5.56 Å². The summed E-state index contributed by atoms with van der Waals surface area (Å²) >= 11 is 0. The summed E-state index contributed by atoms with van der Waals surface area (Å²) in [6, 6.07) is 10.4. The lowest BCUT2D eigenvalue weighted by molar-refractivity contribution is 0.110. The van der Waals surface area contributed by atoms with Crippen LogP contribution in [0, 0.1) is 0 Å². The number of hydrogen-bond donors (Lipinski definition) is 0. The first kappa shape index (κ1) is 12.9. The van der Waals surface area contributed by atoms with Crippen LogP contribution >= 0.6 is 0 Å². The summed E-state index contributed by atoms with van der Waals surface area (Å²) in [5.41, 5.74) is 1.46. The molecule has 2 heterocycles. The Kier molecular flexibility index (Phi) is 3.10. The smallest absolute Gasteiger partial charge is 0.235 e. The molecule has 0 N–H and O–H groups in total. The second kappa shape index (κ2) is 4.79. The van der Waals surface area contributed by atoms with Gasteiger partial charge in [-0.05, 0) is 42.8 Å². The zero-order valence-corrected chi connectivity index (χ0v) is 11.5. The van der Waals surface area contributed by atoms with E-state index < -0.39 is 10.0 Å². The van der Waals surface area contributed by atoms with Crippen LogP contribution in [0.5, 0.6) is 0 Å². The Labute approximate surface area is 116 Å². The first-order chi connectivity index (χ1) is 9.60. The number of hydrogen-bond acceptors (Lipinski definition) is 4. The highest BCUT2D eigenvalue weighted by molar-refractivity contribution is 7.93. The van der Waals surface area contributed by atoms with Gasteiger partial charge < -0.3 is 4.42 Å². The van der Waals surface area contributed by atoms with E-state index in [0.29, 0.717) is 30.7 Å². The van der Waals surface area contributed by atoms with E-state index in [-0.39, 0.29) is 11.5 Å². The summed E-state index contributed by atoms with van der Waals surface area (Å²) in [4.78, 5) is 10.6. The zero-order chi connectivity index (χ0) is 14.2. The highest BCUT2D eigenvalue weighted by Crippen LogP contribution is 2.28. The first-order valence-corrected chi connectivity index (χ1v) is 7.87. The molecule has 1 saturated heterocycles. The third-order valence-corrected chi connectivity index (χ3v) is 5.15. The third kappa shape index (κ3) is 2.22. The molecule has 0 unspecified atom stereocenters. The maximum absolute atomic E-state index is 11.8. The van der Waals surface area contributed by atoms with Crippen molar-refractivity contribution in [2.24, 2.45) is 0 Å². The minimum atomic E-state index is -3.15. The average molecular weight is 291 g/mol. The molecular formula is C14H13NO4S. The van der Waals surface area contributed by atoms with Crippen LogP contribution in [0.15, 0.2) is 40.8 Å². The molecular weight excluding hydrogens is 278 g/mol. The van der Waals surface area contributed by atoms with Gasteiger partial charge in [0.1, 0.15) is 5.76 Å². The number of carbonyl (C=O) groups is 1. The molecule has 0 bridgehead atoms. The lowest BCUT2D eigenvalue weighted by Gasteiger charge is -2.16. The summed E-state index contributed by atoms with van der Waals surface area (Å²) in [7, 11) is -3.15. The molecule has 6 heteroatoms. The molecule has 2 aromatic rings. The fourth-order valence-electron chi connectivity index (χ4n) is 2.29. The molecule has 0 spiro atoms. The number of carbonyl (C=O) groups excluding carboxylic acids is 1. The highest BCUT2D eigenvalue weighted by atomic mass is 32.2. The largest absolute Gasteiger partial charge is 0.453 e. The van der Waals surface area contributed by atoms with Crippen molar-refractivity contribution >= 4 is 22.0 Å². The number of benzene rings is 1. The predicted molar refractivity (Wildman–Crippen MR) is 75.3 cm³/mol. The van der Waals surface area contributed by atoms with Gasteiger partial charge in [0, 0.05) is 12.1 Å². The Hall–Kier alpha value is -2.08. The summed E-state index contributed by atoms with van der Waals surface area (Å²) in [6.45, 7) is 0.526. The van der Waals surface area contributed by atoms with Crippen LogP contribution in [0.1, 0.15) is 17.0 Å². The molecule has 1 aliphatic rings. The van der Waals surface area contributed by atoms with E-state index in [1.165, 1.54) is 4.31 Å². The third-order valence-electron chi connectivity index (χ3n) is 3.28. The lowest BCUT2D eigenvalue weighted by atomic mass is 10.1. The van der Waals surface area contributed by atoms with Crippen LogP contribution in [0.4, 0.5) is 5.69 Å². The highest BCUT2D eigenvalue weighted by Gasteiger charge is 2.28. The lowest BCUT2D eigenvalue weighted by Crippen LogP contribution is -2.24. The number of nitrogens with zero attached hydrogens (tertiary/aromatic N) is 1. The Bertz CT molecular complexity index is 731. The fourth-order valence-corrected chi connectivity index (χ4v) is 3.86. The molecule has 0 radical (unpaired) electrons. The molecule has 1 fully saturated rings. The number of furan rings is 1. The standard InChI is InChI=1S/C14H13NO4S/c16-10-13-6-7-14(19-13)11-2-4-12(5-3-11)15-8-1-9-20(15,17)18/h2-7,10H,1,8-9H2. The molecule has 0 aliphatic carbocycles. The maximum atomic E-state index is 11.8. The first-order valence-electron chi connectivity index (χ1n) is 6.26. The summed E-state index contributed by atoms with van der Waals surface area (Å²) in [6.07, 6.45) is 1.31. The molecule has 20 heavy (non-hydrogen) atoms. The Morgan fingerprint density at radius 3 is 2.40 bits per heavy atom. The van der Waals surface area contributed by atoms with Gasteiger partial charge in [-0.3, -0.25) is 9.10 Å². The second-order valence-corrected chi connectivity index (χ2v) is 6.62. The molecule has 0 saturated carbocycles. The summed E-state index contributed by atoms with van der Waals surface area (Å²) in [5, 5.41) is 0. The van der Waals surface area contributed by atoms with Gasteiger partial charge in [-0.15, -0.1) is 0 Å². The van der Waals surface area contributed by atoms with Crippen molar-refractivity contribution in [3.05, 3.63) is 42.2 Å². The molecule has 104 valence electrons. The SMILES string of the molecule is O=Cc1ccc(-c2ccc(N3CCCS3(=O)=O)cc2)o1. The molecule has 3 rings (SSSR count). The topological polar surface area (TPSA) is 67.6 Å².